The second-order valence-electron chi connectivity index (χ2n) is 6.32. The van der Waals surface area contributed by atoms with Gasteiger partial charge in [0.25, 0.3) is 10.0 Å². The topological polar surface area (TPSA) is 75.6 Å². The summed E-state index contributed by atoms with van der Waals surface area (Å²) in [5.74, 6) is 0.0968. The van der Waals surface area contributed by atoms with Crippen molar-refractivity contribution in [1.29, 1.82) is 0 Å². The van der Waals surface area contributed by atoms with E-state index in [1.54, 1.807) is 12.1 Å². The minimum Gasteiger partial charge on any atom is -0.299 e. The van der Waals surface area contributed by atoms with Crippen LogP contribution in [0.5, 0.6) is 0 Å². The Bertz CT molecular complexity index is 673. The molecule has 0 atom stereocenters. The Morgan fingerprint density at radius 3 is 2.33 bits per heavy atom. The van der Waals surface area contributed by atoms with E-state index in [1.165, 1.54) is 12.1 Å². The van der Waals surface area contributed by atoms with Crippen molar-refractivity contribution in [1.82, 2.24) is 4.83 Å². The van der Waals surface area contributed by atoms with Crippen LogP contribution >= 0.6 is 0 Å². The molecule has 1 saturated carbocycles. The van der Waals surface area contributed by atoms with Crippen LogP contribution in [0.4, 0.5) is 0 Å². The lowest BCUT2D eigenvalue weighted by Crippen LogP contribution is -2.31. The number of aryl methyl sites for hydroxylation is 1. The zero-order valence-corrected chi connectivity index (χ0v) is 13.3. The summed E-state index contributed by atoms with van der Waals surface area (Å²) in [6, 6.07) is 6.53. The standard InChI is InChI=1S/C15H20N2O3S/c1-11-4-6-14(7-5-11)21(19,20)17-16-12-8-13(18)10-15(2,3)9-12/h4-7,17H,8-10H2,1-3H3. The summed E-state index contributed by atoms with van der Waals surface area (Å²) in [4.78, 5) is 14.1. The fourth-order valence-electron chi connectivity index (χ4n) is 2.48. The number of nitrogens with zero attached hydrogens (tertiary/aromatic N) is 1. The molecule has 1 fully saturated rings. The highest BCUT2D eigenvalue weighted by Crippen LogP contribution is 2.31. The van der Waals surface area contributed by atoms with E-state index >= 15 is 0 Å². The third-order valence-corrected chi connectivity index (χ3v) is 4.64. The maximum Gasteiger partial charge on any atom is 0.276 e. The van der Waals surface area contributed by atoms with Crippen molar-refractivity contribution in [3.63, 3.8) is 0 Å². The van der Waals surface area contributed by atoms with Gasteiger partial charge >= 0.3 is 0 Å². The molecule has 1 aliphatic rings. The smallest absolute Gasteiger partial charge is 0.276 e. The molecule has 0 amide bonds. The van der Waals surface area contributed by atoms with Crippen molar-refractivity contribution in [2.24, 2.45) is 10.5 Å². The van der Waals surface area contributed by atoms with Gasteiger partial charge < -0.3 is 0 Å². The van der Waals surface area contributed by atoms with E-state index < -0.39 is 10.0 Å². The van der Waals surface area contributed by atoms with Crippen LogP contribution < -0.4 is 4.83 Å². The molecule has 1 aromatic carbocycles. The number of hydrazone groups is 1. The van der Waals surface area contributed by atoms with Crippen molar-refractivity contribution >= 4 is 21.5 Å². The van der Waals surface area contributed by atoms with Crippen LogP contribution in [0.1, 0.15) is 38.7 Å². The molecule has 0 aliphatic heterocycles. The molecule has 0 unspecified atom stereocenters. The Hall–Kier alpha value is -1.69. The molecule has 0 aromatic heterocycles. The molecule has 0 saturated heterocycles. The summed E-state index contributed by atoms with van der Waals surface area (Å²) in [5, 5.41) is 3.96. The maximum atomic E-state index is 12.1. The number of carbonyl (C=O) groups excluding carboxylic acids is 1. The van der Waals surface area contributed by atoms with Crippen molar-refractivity contribution in [3.8, 4) is 0 Å². The Morgan fingerprint density at radius 2 is 1.76 bits per heavy atom. The summed E-state index contributed by atoms with van der Waals surface area (Å²) in [6.45, 7) is 5.85. The highest BCUT2D eigenvalue weighted by atomic mass is 32.2. The molecule has 6 heteroatoms. The normalized spacial score (nSPS) is 20.5. The third-order valence-electron chi connectivity index (χ3n) is 3.41. The molecule has 21 heavy (non-hydrogen) atoms. The van der Waals surface area contributed by atoms with Crippen LogP contribution in [-0.2, 0) is 14.8 Å². The van der Waals surface area contributed by atoms with Gasteiger partial charge in [-0.25, -0.2) is 4.83 Å². The number of Topliss-reactive ketones (excluding diaryl/α,β-unsaturated/α-hetero) is 1. The number of carbonyl (C=O) groups is 1. The van der Waals surface area contributed by atoms with Crippen LogP contribution in [0.15, 0.2) is 34.3 Å². The first-order valence-electron chi connectivity index (χ1n) is 6.84. The lowest BCUT2D eigenvalue weighted by molar-refractivity contribution is -0.120. The molecule has 5 nitrogen and oxygen atoms in total. The summed E-state index contributed by atoms with van der Waals surface area (Å²) < 4.78 is 24.3. The second-order valence-corrected chi connectivity index (χ2v) is 7.98. The average Bonchev–Trinajstić information content (AvgIpc) is 2.35. The number of rotatable bonds is 3. The van der Waals surface area contributed by atoms with Gasteiger partial charge in [0.15, 0.2) is 0 Å². The van der Waals surface area contributed by atoms with Gasteiger partial charge in [-0.3, -0.25) is 4.79 Å². The van der Waals surface area contributed by atoms with E-state index in [-0.39, 0.29) is 22.5 Å². The van der Waals surface area contributed by atoms with Gasteiger partial charge in [-0.05, 0) is 30.9 Å². The third kappa shape index (κ3) is 4.14. The molecule has 1 aliphatic carbocycles. The van der Waals surface area contributed by atoms with Gasteiger partial charge in [-0.2, -0.15) is 13.5 Å². The van der Waals surface area contributed by atoms with Crippen LogP contribution in [0.3, 0.4) is 0 Å². The molecule has 114 valence electrons. The minimum atomic E-state index is -3.68. The van der Waals surface area contributed by atoms with Crippen LogP contribution in [0, 0.1) is 12.3 Å². The van der Waals surface area contributed by atoms with E-state index in [9.17, 15) is 13.2 Å². The van der Waals surface area contributed by atoms with E-state index in [0.29, 0.717) is 18.6 Å². The first kappa shape index (κ1) is 15.7. The number of ketones is 1. The average molecular weight is 308 g/mol. The first-order chi connectivity index (χ1) is 9.68. The zero-order valence-electron chi connectivity index (χ0n) is 12.5. The van der Waals surface area contributed by atoms with Crippen molar-refractivity contribution in [2.45, 2.75) is 44.9 Å². The fraction of sp³-hybridized carbons (Fsp3) is 0.467. The number of nitrogens with one attached hydrogen (secondary N) is 1. The highest BCUT2D eigenvalue weighted by molar-refractivity contribution is 7.89. The minimum absolute atomic E-state index is 0.0968. The summed E-state index contributed by atoms with van der Waals surface area (Å²) >= 11 is 0. The predicted molar refractivity (Wildman–Crippen MR) is 81.6 cm³/mol. The lowest BCUT2D eigenvalue weighted by Gasteiger charge is -2.29. The Kier molecular flexibility index (Phi) is 4.18. The number of benzene rings is 1. The van der Waals surface area contributed by atoms with Gasteiger partial charge in [-0.15, -0.1) is 0 Å². The summed E-state index contributed by atoms with van der Waals surface area (Å²) in [7, 11) is -3.68. The zero-order chi connectivity index (χ0) is 15.7. The fourth-order valence-corrected chi connectivity index (χ4v) is 3.32. The van der Waals surface area contributed by atoms with Gasteiger partial charge in [0.1, 0.15) is 5.78 Å². The molecule has 0 radical (unpaired) electrons. The van der Waals surface area contributed by atoms with Crippen LogP contribution in [-0.4, -0.2) is 19.9 Å². The summed E-state index contributed by atoms with van der Waals surface area (Å²) in [5.41, 5.74) is 1.41. The Morgan fingerprint density at radius 1 is 1.14 bits per heavy atom. The van der Waals surface area contributed by atoms with Gasteiger partial charge in [0, 0.05) is 18.6 Å². The van der Waals surface area contributed by atoms with Crippen LogP contribution in [0.25, 0.3) is 0 Å². The molecular formula is C15H20N2O3S. The number of hydrogen-bond acceptors (Lipinski definition) is 4. The Balaban J connectivity index is 2.16. The lowest BCUT2D eigenvalue weighted by atomic mass is 9.76. The molecule has 1 aromatic rings. The molecule has 2 rings (SSSR count). The molecule has 0 heterocycles. The monoisotopic (exact) mass is 308 g/mol. The Labute approximate surface area is 125 Å². The van der Waals surface area contributed by atoms with Crippen molar-refractivity contribution in [2.75, 3.05) is 0 Å². The molecule has 1 N–H and O–H groups in total. The van der Waals surface area contributed by atoms with E-state index in [2.05, 4.69) is 9.93 Å². The van der Waals surface area contributed by atoms with E-state index in [0.717, 1.165) is 5.56 Å². The van der Waals surface area contributed by atoms with E-state index in [4.69, 9.17) is 0 Å². The maximum absolute atomic E-state index is 12.1. The molecular weight excluding hydrogens is 288 g/mol. The SMILES string of the molecule is Cc1ccc(S(=O)(=O)NN=C2CC(=O)CC(C)(C)C2)cc1. The molecule has 0 spiro atoms. The van der Waals surface area contributed by atoms with Crippen LogP contribution in [0.2, 0.25) is 0 Å². The quantitative estimate of drug-likeness (QED) is 0.871. The largest absolute Gasteiger partial charge is 0.299 e. The molecule has 0 bridgehead atoms. The van der Waals surface area contributed by atoms with E-state index in [1.807, 2.05) is 20.8 Å². The number of sulfonamides is 1. The summed E-state index contributed by atoms with van der Waals surface area (Å²) in [6.07, 6.45) is 1.35. The first-order valence-corrected chi connectivity index (χ1v) is 8.32. The van der Waals surface area contributed by atoms with Crippen molar-refractivity contribution < 1.29 is 13.2 Å². The predicted octanol–water partition coefficient (Wildman–Crippen LogP) is 2.41. The van der Waals surface area contributed by atoms with Gasteiger partial charge in [0.2, 0.25) is 0 Å². The van der Waals surface area contributed by atoms with Gasteiger partial charge in [0.05, 0.1) is 4.90 Å². The van der Waals surface area contributed by atoms with Gasteiger partial charge in [-0.1, -0.05) is 31.5 Å². The highest BCUT2D eigenvalue weighted by Gasteiger charge is 2.30. The van der Waals surface area contributed by atoms with Crippen molar-refractivity contribution in [3.05, 3.63) is 29.8 Å². The number of hydrogen-bond donors (Lipinski definition) is 1. The second kappa shape index (κ2) is 5.60.